The largest absolute Gasteiger partial charge is 0.277 e. The zero-order chi connectivity index (χ0) is 17.2. The lowest BCUT2D eigenvalue weighted by molar-refractivity contribution is 0.627. The summed E-state index contributed by atoms with van der Waals surface area (Å²) in [6, 6.07) is 10.9. The van der Waals surface area contributed by atoms with Gasteiger partial charge in [0.05, 0.1) is 16.8 Å². The van der Waals surface area contributed by atoms with Crippen LogP contribution in [-0.2, 0) is 0 Å². The lowest BCUT2D eigenvalue weighted by Crippen LogP contribution is -1.91. The van der Waals surface area contributed by atoms with Crippen LogP contribution in [0.5, 0.6) is 0 Å². The van der Waals surface area contributed by atoms with Gasteiger partial charge in [-0.25, -0.2) is 18.7 Å². The molecule has 4 aromatic rings. The number of hydrogen-bond donors (Lipinski definition) is 1. The van der Waals surface area contributed by atoms with Gasteiger partial charge in [0.15, 0.2) is 5.82 Å². The minimum Gasteiger partial charge on any atom is -0.277 e. The van der Waals surface area contributed by atoms with Crippen LogP contribution in [0.15, 0.2) is 54.9 Å². The number of aromatic nitrogens is 4. The van der Waals surface area contributed by atoms with Crippen LogP contribution >= 0.6 is 0 Å². The average Bonchev–Trinajstić information content (AvgIpc) is 3.03. The normalized spacial score (nSPS) is 11.4. The van der Waals surface area contributed by atoms with Crippen LogP contribution < -0.4 is 0 Å². The number of nitrogens with zero attached hydrogens (tertiary/aromatic N) is 3. The summed E-state index contributed by atoms with van der Waals surface area (Å²) in [7, 11) is 0. The number of rotatable bonds is 3. The number of halogens is 2. The third-order valence-electron chi connectivity index (χ3n) is 3.79. The smallest absolute Gasteiger partial charge is 0.162 e. The van der Waals surface area contributed by atoms with E-state index in [2.05, 4.69) is 20.2 Å². The first-order chi connectivity index (χ1) is 12.2. The van der Waals surface area contributed by atoms with Crippen LogP contribution in [0.25, 0.3) is 34.4 Å². The Morgan fingerprint density at radius 3 is 2.44 bits per heavy atom. The third kappa shape index (κ3) is 3.01. The second-order valence-electron chi connectivity index (χ2n) is 5.44. The van der Waals surface area contributed by atoms with Crippen molar-refractivity contribution in [3.8, 4) is 11.4 Å². The van der Waals surface area contributed by atoms with E-state index in [1.54, 1.807) is 42.7 Å². The summed E-state index contributed by atoms with van der Waals surface area (Å²) >= 11 is 0. The molecule has 0 bridgehead atoms. The van der Waals surface area contributed by atoms with Gasteiger partial charge in [-0.3, -0.25) is 5.10 Å². The molecule has 2 aromatic carbocycles. The number of fused-ring (bicyclic) bond motifs is 1. The molecule has 0 amide bonds. The fourth-order valence-corrected chi connectivity index (χ4v) is 2.54. The molecule has 0 unspecified atom stereocenters. The van der Waals surface area contributed by atoms with Crippen LogP contribution in [0.3, 0.4) is 0 Å². The highest BCUT2D eigenvalue weighted by atomic mass is 19.1. The van der Waals surface area contributed by atoms with Crippen LogP contribution in [0.4, 0.5) is 8.78 Å². The predicted molar refractivity (Wildman–Crippen MR) is 92.4 cm³/mol. The van der Waals surface area contributed by atoms with E-state index in [4.69, 9.17) is 0 Å². The van der Waals surface area contributed by atoms with E-state index in [1.807, 2.05) is 6.08 Å². The summed E-state index contributed by atoms with van der Waals surface area (Å²) in [6.07, 6.45) is 6.74. The van der Waals surface area contributed by atoms with E-state index < -0.39 is 5.82 Å². The molecule has 25 heavy (non-hydrogen) atoms. The Morgan fingerprint density at radius 2 is 1.68 bits per heavy atom. The maximum atomic E-state index is 14.3. The van der Waals surface area contributed by atoms with E-state index in [-0.39, 0.29) is 5.82 Å². The first kappa shape index (κ1) is 15.1. The minimum absolute atomic E-state index is 0.287. The van der Waals surface area contributed by atoms with Gasteiger partial charge in [-0.15, -0.1) is 0 Å². The monoisotopic (exact) mass is 334 g/mol. The first-order valence-electron chi connectivity index (χ1n) is 7.59. The summed E-state index contributed by atoms with van der Waals surface area (Å²) in [5, 5.41) is 7.77. The van der Waals surface area contributed by atoms with Crippen LogP contribution in [0.2, 0.25) is 0 Å². The van der Waals surface area contributed by atoms with Gasteiger partial charge in [0, 0.05) is 23.8 Å². The molecule has 2 aromatic heterocycles. The highest BCUT2D eigenvalue weighted by Gasteiger charge is 2.12. The zero-order valence-electron chi connectivity index (χ0n) is 12.9. The van der Waals surface area contributed by atoms with Gasteiger partial charge in [-0.1, -0.05) is 18.2 Å². The molecule has 0 saturated carbocycles. The minimum atomic E-state index is -0.420. The molecule has 0 aliphatic carbocycles. The van der Waals surface area contributed by atoms with E-state index in [1.165, 1.54) is 18.2 Å². The molecule has 122 valence electrons. The molecule has 0 aliphatic rings. The van der Waals surface area contributed by atoms with Crippen molar-refractivity contribution in [2.45, 2.75) is 0 Å². The van der Waals surface area contributed by atoms with Gasteiger partial charge in [-0.2, -0.15) is 5.10 Å². The van der Waals surface area contributed by atoms with Gasteiger partial charge in [0.2, 0.25) is 0 Å². The van der Waals surface area contributed by atoms with Gasteiger partial charge in [0.1, 0.15) is 11.6 Å². The topological polar surface area (TPSA) is 54.5 Å². The Labute approximate surface area is 141 Å². The number of aromatic amines is 1. The van der Waals surface area contributed by atoms with Crippen molar-refractivity contribution in [3.63, 3.8) is 0 Å². The quantitative estimate of drug-likeness (QED) is 0.601. The standard InChI is InChI=1S/C19H12F2N4/c20-13-5-2-12(3-6-13)4-7-17-15-10-14(19-22-8-1-9-23-19)16(21)11-18(15)25-24-17/h1-11H,(H,24,25). The van der Waals surface area contributed by atoms with Gasteiger partial charge in [-0.05, 0) is 35.9 Å². The highest BCUT2D eigenvalue weighted by Crippen LogP contribution is 2.27. The Morgan fingerprint density at radius 1 is 0.920 bits per heavy atom. The summed E-state index contributed by atoms with van der Waals surface area (Å²) in [4.78, 5) is 8.19. The first-order valence-corrected chi connectivity index (χ1v) is 7.59. The molecule has 0 radical (unpaired) electrons. The molecule has 2 heterocycles. The molecule has 0 spiro atoms. The number of nitrogens with one attached hydrogen (secondary N) is 1. The Hall–Kier alpha value is -3.41. The molecule has 0 aliphatic heterocycles. The van der Waals surface area contributed by atoms with Gasteiger partial charge in [0.25, 0.3) is 0 Å². The number of H-pyrrole nitrogens is 1. The average molecular weight is 334 g/mol. The summed E-state index contributed by atoms with van der Waals surface area (Å²) in [5.41, 5.74) is 2.38. The number of hydrogen-bond acceptors (Lipinski definition) is 3. The summed E-state index contributed by atoms with van der Waals surface area (Å²) in [5.74, 6) is -0.390. The zero-order valence-corrected chi connectivity index (χ0v) is 12.9. The molecule has 0 fully saturated rings. The Kier molecular flexibility index (Phi) is 3.78. The molecular weight excluding hydrogens is 322 g/mol. The van der Waals surface area contributed by atoms with Gasteiger partial charge < -0.3 is 0 Å². The molecule has 4 rings (SSSR count). The van der Waals surface area contributed by atoms with Crippen molar-refractivity contribution in [3.05, 3.63) is 77.8 Å². The fourth-order valence-electron chi connectivity index (χ4n) is 2.54. The maximum absolute atomic E-state index is 14.3. The Bertz CT molecular complexity index is 1050. The molecular formula is C19H12F2N4. The van der Waals surface area contributed by atoms with Crippen LogP contribution in [0, 0.1) is 11.6 Å². The summed E-state index contributed by atoms with van der Waals surface area (Å²) in [6.45, 7) is 0. The van der Waals surface area contributed by atoms with Crippen molar-refractivity contribution < 1.29 is 8.78 Å². The van der Waals surface area contributed by atoms with E-state index in [0.29, 0.717) is 22.6 Å². The van der Waals surface area contributed by atoms with Crippen molar-refractivity contribution in [2.24, 2.45) is 0 Å². The lowest BCUT2D eigenvalue weighted by Gasteiger charge is -2.02. The van der Waals surface area contributed by atoms with E-state index >= 15 is 0 Å². The van der Waals surface area contributed by atoms with Crippen molar-refractivity contribution >= 4 is 23.1 Å². The molecule has 0 saturated heterocycles. The SMILES string of the molecule is Fc1ccc(C=Cc2n[nH]c3cc(F)c(-c4ncccn4)cc23)cc1. The molecule has 6 heteroatoms. The van der Waals surface area contributed by atoms with Crippen molar-refractivity contribution in [2.75, 3.05) is 0 Å². The summed E-state index contributed by atoms with van der Waals surface area (Å²) < 4.78 is 27.3. The fraction of sp³-hybridized carbons (Fsp3) is 0. The van der Waals surface area contributed by atoms with Crippen LogP contribution in [0.1, 0.15) is 11.3 Å². The maximum Gasteiger partial charge on any atom is 0.162 e. The molecule has 1 N–H and O–H groups in total. The number of benzene rings is 2. The lowest BCUT2D eigenvalue weighted by atomic mass is 10.1. The van der Waals surface area contributed by atoms with E-state index in [9.17, 15) is 8.78 Å². The predicted octanol–water partition coefficient (Wildman–Crippen LogP) is 4.47. The van der Waals surface area contributed by atoms with Gasteiger partial charge >= 0.3 is 0 Å². The highest BCUT2D eigenvalue weighted by molar-refractivity contribution is 5.92. The molecule has 4 nitrogen and oxygen atoms in total. The second-order valence-corrected chi connectivity index (χ2v) is 5.44. The molecule has 0 atom stereocenters. The van der Waals surface area contributed by atoms with Crippen LogP contribution in [-0.4, -0.2) is 20.2 Å². The van der Waals surface area contributed by atoms with Crippen molar-refractivity contribution in [1.29, 1.82) is 0 Å². The second kappa shape index (κ2) is 6.24. The van der Waals surface area contributed by atoms with E-state index in [0.717, 1.165) is 10.9 Å². The third-order valence-corrected chi connectivity index (χ3v) is 3.79. The Balaban J connectivity index is 1.76. The van der Waals surface area contributed by atoms with Crippen molar-refractivity contribution in [1.82, 2.24) is 20.2 Å².